The van der Waals surface area contributed by atoms with Crippen LogP contribution in [0.15, 0.2) is 51.7 Å². The molecular weight excluding hydrogens is 471 g/mol. The van der Waals surface area contributed by atoms with E-state index >= 15 is 0 Å². The van der Waals surface area contributed by atoms with Crippen molar-refractivity contribution in [2.45, 2.75) is 33.2 Å². The Morgan fingerprint density at radius 2 is 1.94 bits per heavy atom. The Kier molecular flexibility index (Phi) is 5.72. The summed E-state index contributed by atoms with van der Waals surface area (Å²) in [6.07, 6.45) is 0.854. The summed E-state index contributed by atoms with van der Waals surface area (Å²) in [7, 11) is 0. The molecule has 4 aromatic rings. The molecule has 178 valence electrons. The molecule has 3 heterocycles. The molecule has 0 unspecified atom stereocenters. The summed E-state index contributed by atoms with van der Waals surface area (Å²) in [6, 6.07) is 9.81. The zero-order chi connectivity index (χ0) is 24.9. The zero-order valence-electron chi connectivity index (χ0n) is 19.3. The van der Waals surface area contributed by atoms with Crippen LogP contribution < -0.4 is 15.1 Å². The van der Waals surface area contributed by atoms with E-state index in [2.05, 4.69) is 4.98 Å². The van der Waals surface area contributed by atoms with Crippen LogP contribution in [0.2, 0.25) is 0 Å². The first-order valence-corrected chi connectivity index (χ1v) is 11.9. The van der Waals surface area contributed by atoms with E-state index in [-0.39, 0.29) is 33.2 Å². The lowest BCUT2D eigenvalue weighted by Crippen LogP contribution is -2.29. The van der Waals surface area contributed by atoms with Gasteiger partial charge in [0.2, 0.25) is 5.76 Å². The van der Waals surface area contributed by atoms with E-state index in [1.807, 2.05) is 6.92 Å². The Hall–Kier alpha value is -3.85. The maximum absolute atomic E-state index is 14.0. The quantitative estimate of drug-likeness (QED) is 0.333. The summed E-state index contributed by atoms with van der Waals surface area (Å²) in [5, 5.41) is 0.320. The second-order valence-electron chi connectivity index (χ2n) is 8.28. The topological polar surface area (TPSA) is 89.7 Å². The monoisotopic (exact) mass is 492 g/mol. The molecule has 0 spiro atoms. The van der Waals surface area contributed by atoms with Crippen LogP contribution in [-0.4, -0.2) is 23.3 Å². The first-order chi connectivity index (χ1) is 16.8. The molecule has 0 radical (unpaired) electrons. The fraction of sp³-hybridized carbons (Fsp3) is 0.231. The number of hydrogen-bond donors (Lipinski definition) is 0. The standard InChI is InChI=1S/C26H21FN2O5S/c1-4-11-33-17-8-5-15(6-9-17)21-20-22(31)18-12-16(27)7-10-19(18)34-23(20)25(32)29(21)26-28-13(2)24(35-26)14(3)30/h5-10,12,21H,4,11H2,1-3H3/t21-/m1/s1. The molecule has 2 aromatic heterocycles. The van der Waals surface area contributed by atoms with E-state index in [9.17, 15) is 18.8 Å². The number of halogens is 1. The maximum atomic E-state index is 14.0. The number of ketones is 1. The largest absolute Gasteiger partial charge is 0.494 e. The van der Waals surface area contributed by atoms with Crippen LogP contribution in [0.4, 0.5) is 9.52 Å². The molecule has 1 aliphatic rings. The lowest BCUT2D eigenvalue weighted by atomic mass is 9.98. The maximum Gasteiger partial charge on any atom is 0.297 e. The van der Waals surface area contributed by atoms with E-state index in [1.54, 1.807) is 31.2 Å². The van der Waals surface area contributed by atoms with Crippen LogP contribution >= 0.6 is 11.3 Å². The molecule has 1 atom stereocenters. The Balaban J connectivity index is 1.73. The minimum atomic E-state index is -0.869. The van der Waals surface area contributed by atoms with Crippen LogP contribution in [-0.2, 0) is 0 Å². The van der Waals surface area contributed by atoms with Crippen LogP contribution in [0.3, 0.4) is 0 Å². The number of nitrogens with zero attached hydrogens (tertiary/aromatic N) is 2. The summed E-state index contributed by atoms with van der Waals surface area (Å²) < 4.78 is 25.5. The molecule has 0 saturated carbocycles. The van der Waals surface area contributed by atoms with Crippen LogP contribution in [0.5, 0.6) is 5.75 Å². The van der Waals surface area contributed by atoms with Crippen molar-refractivity contribution in [3.63, 3.8) is 0 Å². The highest BCUT2D eigenvalue weighted by atomic mass is 32.1. The molecule has 0 fully saturated rings. The number of anilines is 1. The molecule has 9 heteroatoms. The third-order valence-corrected chi connectivity index (χ3v) is 7.07. The third kappa shape index (κ3) is 3.81. The Morgan fingerprint density at radius 1 is 1.20 bits per heavy atom. The molecule has 0 N–H and O–H groups in total. The van der Waals surface area contributed by atoms with Gasteiger partial charge in [0, 0.05) is 6.92 Å². The molecule has 7 nitrogen and oxygen atoms in total. The molecule has 0 saturated heterocycles. The number of thiazole rings is 1. The summed E-state index contributed by atoms with van der Waals surface area (Å²) in [6.45, 7) is 5.69. The second-order valence-corrected chi connectivity index (χ2v) is 9.25. The highest BCUT2D eigenvalue weighted by Crippen LogP contribution is 2.43. The van der Waals surface area contributed by atoms with Gasteiger partial charge in [0.1, 0.15) is 17.1 Å². The van der Waals surface area contributed by atoms with Crippen LogP contribution in [0, 0.1) is 12.7 Å². The van der Waals surface area contributed by atoms with E-state index in [1.165, 1.54) is 24.0 Å². The highest BCUT2D eigenvalue weighted by Gasteiger charge is 2.45. The Bertz CT molecular complexity index is 1540. The number of Topliss-reactive ketones (excluding diaryl/α,β-unsaturated/α-hetero) is 1. The Morgan fingerprint density at radius 3 is 2.60 bits per heavy atom. The van der Waals surface area contributed by atoms with E-state index in [4.69, 9.17) is 9.15 Å². The number of hydrogen-bond acceptors (Lipinski definition) is 7. The molecule has 2 aromatic carbocycles. The van der Waals surface area contributed by atoms with Gasteiger partial charge in [-0.2, -0.15) is 0 Å². The van der Waals surface area contributed by atoms with Gasteiger partial charge in [0.25, 0.3) is 5.91 Å². The van der Waals surface area contributed by atoms with E-state index in [0.29, 0.717) is 28.5 Å². The summed E-state index contributed by atoms with van der Waals surface area (Å²) in [5.41, 5.74) is 0.851. The smallest absolute Gasteiger partial charge is 0.297 e. The summed E-state index contributed by atoms with van der Waals surface area (Å²) in [4.78, 5) is 45.5. The number of amides is 1. The van der Waals surface area contributed by atoms with Gasteiger partial charge in [-0.25, -0.2) is 9.37 Å². The average molecular weight is 493 g/mol. The molecule has 0 aliphatic carbocycles. The lowest BCUT2D eigenvalue weighted by Gasteiger charge is -2.22. The van der Waals surface area contributed by atoms with Gasteiger partial charge < -0.3 is 9.15 Å². The van der Waals surface area contributed by atoms with Crippen molar-refractivity contribution in [1.29, 1.82) is 0 Å². The first kappa shape index (κ1) is 22.9. The SMILES string of the molecule is CCCOc1ccc([C@@H]2c3c(oc4ccc(F)cc4c3=O)C(=O)N2c2nc(C)c(C(C)=O)s2)cc1. The number of ether oxygens (including phenoxy) is 1. The molecule has 0 bridgehead atoms. The van der Waals surface area contributed by atoms with Gasteiger partial charge in [-0.05, 0) is 49.2 Å². The van der Waals surface area contributed by atoms with Crippen LogP contribution in [0.25, 0.3) is 11.0 Å². The van der Waals surface area contributed by atoms with Crippen molar-refractivity contribution in [2.24, 2.45) is 0 Å². The molecule has 5 rings (SSSR count). The van der Waals surface area contributed by atoms with Gasteiger partial charge in [0.05, 0.1) is 34.2 Å². The number of rotatable bonds is 6. The average Bonchev–Trinajstić information content (AvgIpc) is 3.36. The lowest BCUT2D eigenvalue weighted by molar-refractivity contribution is 0.0969. The second kappa shape index (κ2) is 8.74. The van der Waals surface area contributed by atoms with Crippen molar-refractivity contribution in [3.05, 3.63) is 86.0 Å². The van der Waals surface area contributed by atoms with Gasteiger partial charge in [0.15, 0.2) is 16.3 Å². The fourth-order valence-electron chi connectivity index (χ4n) is 4.24. The van der Waals surface area contributed by atoms with Gasteiger partial charge >= 0.3 is 0 Å². The van der Waals surface area contributed by atoms with Crippen molar-refractivity contribution in [3.8, 4) is 5.75 Å². The van der Waals surface area contributed by atoms with Crippen molar-refractivity contribution >= 4 is 39.1 Å². The van der Waals surface area contributed by atoms with Gasteiger partial charge in [-0.1, -0.05) is 30.4 Å². The number of aryl methyl sites for hydroxylation is 1. The molecule has 1 amide bonds. The van der Waals surface area contributed by atoms with Gasteiger partial charge in [-0.15, -0.1) is 0 Å². The molecule has 1 aliphatic heterocycles. The fourth-order valence-corrected chi connectivity index (χ4v) is 5.22. The number of benzene rings is 2. The van der Waals surface area contributed by atoms with Gasteiger partial charge in [-0.3, -0.25) is 19.3 Å². The highest BCUT2D eigenvalue weighted by molar-refractivity contribution is 7.17. The minimum absolute atomic E-state index is 0.0473. The normalized spacial score (nSPS) is 15.0. The van der Waals surface area contributed by atoms with Crippen molar-refractivity contribution in [1.82, 2.24) is 4.98 Å². The number of aromatic nitrogens is 1. The van der Waals surface area contributed by atoms with Crippen molar-refractivity contribution in [2.75, 3.05) is 11.5 Å². The van der Waals surface area contributed by atoms with E-state index < -0.39 is 23.2 Å². The van der Waals surface area contributed by atoms with E-state index in [0.717, 1.165) is 23.8 Å². The third-order valence-electron chi connectivity index (χ3n) is 5.81. The number of carbonyl (C=O) groups is 2. The summed E-state index contributed by atoms with van der Waals surface area (Å²) in [5.74, 6) is -0.768. The molecule has 35 heavy (non-hydrogen) atoms. The number of fused-ring (bicyclic) bond motifs is 2. The summed E-state index contributed by atoms with van der Waals surface area (Å²) >= 11 is 1.08. The first-order valence-electron chi connectivity index (χ1n) is 11.1. The predicted octanol–water partition coefficient (Wildman–Crippen LogP) is 5.44. The Labute approximate surface area is 203 Å². The zero-order valence-corrected chi connectivity index (χ0v) is 20.1. The minimum Gasteiger partial charge on any atom is -0.494 e. The molecular formula is C26H21FN2O5S. The number of carbonyl (C=O) groups excluding carboxylic acids is 2. The van der Waals surface area contributed by atoms with Crippen molar-refractivity contribution < 1.29 is 23.1 Å². The predicted molar refractivity (Wildman–Crippen MR) is 130 cm³/mol. The van der Waals surface area contributed by atoms with Crippen LogP contribution in [0.1, 0.15) is 63.4 Å².